The van der Waals surface area contributed by atoms with Gasteiger partial charge in [0.1, 0.15) is 5.75 Å². The van der Waals surface area contributed by atoms with Crippen molar-refractivity contribution in [1.82, 2.24) is 5.32 Å². The van der Waals surface area contributed by atoms with E-state index in [0.717, 1.165) is 6.42 Å². The molecule has 1 aromatic rings. The van der Waals surface area contributed by atoms with E-state index in [0.29, 0.717) is 22.3 Å². The Balaban J connectivity index is 2.36. The first-order valence-corrected chi connectivity index (χ1v) is 5.84. The number of amides is 1. The van der Waals surface area contributed by atoms with Gasteiger partial charge in [-0.2, -0.15) is 0 Å². The number of hydrogen-bond donors (Lipinski definition) is 1. The van der Waals surface area contributed by atoms with E-state index in [2.05, 4.69) is 11.9 Å². The van der Waals surface area contributed by atoms with Crippen LogP contribution in [0.4, 0.5) is 0 Å². The van der Waals surface area contributed by atoms with E-state index in [-0.39, 0.29) is 12.5 Å². The normalized spacial score (nSPS) is 9.76. The largest absolute Gasteiger partial charge is 0.484 e. The number of rotatable bonds is 6. The van der Waals surface area contributed by atoms with E-state index in [1.165, 1.54) is 0 Å². The minimum atomic E-state index is -0.182. The number of hydrogen-bond acceptors (Lipinski definition) is 2. The number of carbonyl (C=O) groups excluding carboxylic acids is 1. The Bertz CT molecular complexity index is 407. The zero-order chi connectivity index (χ0) is 12.7. The fraction of sp³-hybridized carbons (Fsp3) is 0.250. The van der Waals surface area contributed by atoms with Crippen molar-refractivity contribution >= 4 is 29.1 Å². The smallest absolute Gasteiger partial charge is 0.257 e. The number of nitrogens with one attached hydrogen (secondary N) is 1. The van der Waals surface area contributed by atoms with Gasteiger partial charge in [0.15, 0.2) is 6.61 Å². The monoisotopic (exact) mass is 273 g/mol. The molecule has 0 fully saturated rings. The number of carbonyl (C=O) groups is 1. The minimum absolute atomic E-state index is 0.0465. The third-order valence-corrected chi connectivity index (χ3v) is 2.67. The molecule has 0 saturated carbocycles. The first-order valence-electron chi connectivity index (χ1n) is 5.09. The quantitative estimate of drug-likeness (QED) is 0.639. The lowest BCUT2D eigenvalue weighted by molar-refractivity contribution is -0.123. The van der Waals surface area contributed by atoms with Crippen LogP contribution < -0.4 is 10.1 Å². The Hall–Kier alpha value is -1.19. The lowest BCUT2D eigenvalue weighted by atomic mass is 10.3. The average molecular weight is 274 g/mol. The molecule has 5 heteroatoms. The van der Waals surface area contributed by atoms with Crippen molar-refractivity contribution in [2.75, 3.05) is 13.2 Å². The molecule has 1 aromatic carbocycles. The Morgan fingerprint density at radius 1 is 1.41 bits per heavy atom. The van der Waals surface area contributed by atoms with Crippen LogP contribution in [0.15, 0.2) is 30.9 Å². The fourth-order valence-corrected chi connectivity index (χ4v) is 1.37. The van der Waals surface area contributed by atoms with Gasteiger partial charge in [0.25, 0.3) is 5.91 Å². The number of ether oxygens (including phenoxy) is 1. The molecule has 17 heavy (non-hydrogen) atoms. The van der Waals surface area contributed by atoms with Crippen LogP contribution >= 0.6 is 23.2 Å². The molecule has 0 aromatic heterocycles. The van der Waals surface area contributed by atoms with Crippen molar-refractivity contribution in [2.24, 2.45) is 0 Å². The van der Waals surface area contributed by atoms with Gasteiger partial charge < -0.3 is 10.1 Å². The molecule has 0 bridgehead atoms. The van der Waals surface area contributed by atoms with Gasteiger partial charge in [-0.1, -0.05) is 29.3 Å². The Morgan fingerprint density at radius 2 is 2.18 bits per heavy atom. The molecule has 0 atom stereocenters. The average Bonchev–Trinajstić information content (AvgIpc) is 2.31. The molecule has 1 N–H and O–H groups in total. The standard InChI is InChI=1S/C12H13Cl2NO2/c1-2-3-6-15-12(16)8-17-9-4-5-10(13)11(14)7-9/h2,4-5,7H,1,3,6,8H2,(H,15,16). The zero-order valence-corrected chi connectivity index (χ0v) is 10.7. The molecule has 92 valence electrons. The summed E-state index contributed by atoms with van der Waals surface area (Å²) in [6.07, 6.45) is 2.47. The molecular formula is C12H13Cl2NO2. The summed E-state index contributed by atoms with van der Waals surface area (Å²) in [6.45, 7) is 4.08. The molecule has 3 nitrogen and oxygen atoms in total. The van der Waals surface area contributed by atoms with E-state index < -0.39 is 0 Å². The van der Waals surface area contributed by atoms with Gasteiger partial charge in [-0.05, 0) is 18.6 Å². The highest BCUT2D eigenvalue weighted by atomic mass is 35.5. The summed E-state index contributed by atoms with van der Waals surface area (Å²) in [5, 5.41) is 3.54. The molecule has 0 spiro atoms. The lowest BCUT2D eigenvalue weighted by Gasteiger charge is -2.07. The molecule has 0 unspecified atom stereocenters. The van der Waals surface area contributed by atoms with Gasteiger partial charge in [-0.15, -0.1) is 6.58 Å². The van der Waals surface area contributed by atoms with E-state index in [1.807, 2.05) is 0 Å². The van der Waals surface area contributed by atoms with Gasteiger partial charge in [-0.25, -0.2) is 0 Å². The fourth-order valence-electron chi connectivity index (χ4n) is 1.08. The summed E-state index contributed by atoms with van der Waals surface area (Å²) in [5.74, 6) is 0.330. The van der Waals surface area contributed by atoms with Crippen LogP contribution in [0.5, 0.6) is 5.75 Å². The summed E-state index contributed by atoms with van der Waals surface area (Å²) in [5.41, 5.74) is 0. The molecule has 0 aliphatic heterocycles. The molecule has 0 saturated heterocycles. The summed E-state index contributed by atoms with van der Waals surface area (Å²) < 4.78 is 5.25. The zero-order valence-electron chi connectivity index (χ0n) is 9.21. The Morgan fingerprint density at radius 3 is 2.82 bits per heavy atom. The predicted molar refractivity (Wildman–Crippen MR) is 69.8 cm³/mol. The van der Waals surface area contributed by atoms with Gasteiger partial charge >= 0.3 is 0 Å². The maximum Gasteiger partial charge on any atom is 0.257 e. The van der Waals surface area contributed by atoms with E-state index >= 15 is 0 Å². The van der Waals surface area contributed by atoms with Crippen LogP contribution in [0.3, 0.4) is 0 Å². The van der Waals surface area contributed by atoms with E-state index in [1.54, 1.807) is 24.3 Å². The topological polar surface area (TPSA) is 38.3 Å². The molecule has 0 aliphatic carbocycles. The summed E-state index contributed by atoms with van der Waals surface area (Å²) in [4.78, 5) is 11.3. The maximum atomic E-state index is 11.3. The highest BCUT2D eigenvalue weighted by molar-refractivity contribution is 6.42. The summed E-state index contributed by atoms with van der Waals surface area (Å²) >= 11 is 11.6. The van der Waals surface area contributed by atoms with Crippen molar-refractivity contribution in [1.29, 1.82) is 0 Å². The first-order chi connectivity index (χ1) is 8.13. The van der Waals surface area contributed by atoms with E-state index in [4.69, 9.17) is 27.9 Å². The first kappa shape index (κ1) is 13.9. The van der Waals surface area contributed by atoms with Crippen LogP contribution in [-0.2, 0) is 4.79 Å². The van der Waals surface area contributed by atoms with Crippen LogP contribution in [0.2, 0.25) is 10.0 Å². The van der Waals surface area contributed by atoms with Crippen LogP contribution in [-0.4, -0.2) is 19.1 Å². The molecule has 0 radical (unpaired) electrons. The SMILES string of the molecule is C=CCCNC(=O)COc1ccc(Cl)c(Cl)c1. The highest BCUT2D eigenvalue weighted by Gasteiger charge is 2.03. The van der Waals surface area contributed by atoms with Crippen molar-refractivity contribution in [3.63, 3.8) is 0 Å². The Kier molecular flexibility index (Phi) is 5.87. The van der Waals surface area contributed by atoms with Gasteiger partial charge in [0.2, 0.25) is 0 Å². The molecule has 1 rings (SSSR count). The molecule has 0 heterocycles. The molecule has 0 aliphatic rings. The van der Waals surface area contributed by atoms with Crippen LogP contribution in [0, 0.1) is 0 Å². The second-order valence-corrected chi connectivity index (χ2v) is 4.11. The maximum absolute atomic E-state index is 11.3. The van der Waals surface area contributed by atoms with Crippen molar-refractivity contribution in [3.8, 4) is 5.75 Å². The molecule has 1 amide bonds. The second kappa shape index (κ2) is 7.20. The lowest BCUT2D eigenvalue weighted by Crippen LogP contribution is -2.29. The second-order valence-electron chi connectivity index (χ2n) is 3.29. The number of halogens is 2. The molecular weight excluding hydrogens is 261 g/mol. The van der Waals surface area contributed by atoms with Crippen LogP contribution in [0.1, 0.15) is 6.42 Å². The van der Waals surface area contributed by atoms with Crippen molar-refractivity contribution in [3.05, 3.63) is 40.9 Å². The number of benzene rings is 1. The van der Waals surface area contributed by atoms with Gasteiger partial charge in [-0.3, -0.25) is 4.79 Å². The summed E-state index contributed by atoms with van der Waals surface area (Å²) in [7, 11) is 0. The minimum Gasteiger partial charge on any atom is -0.484 e. The van der Waals surface area contributed by atoms with Crippen LogP contribution in [0.25, 0.3) is 0 Å². The third-order valence-electron chi connectivity index (χ3n) is 1.93. The van der Waals surface area contributed by atoms with Crippen molar-refractivity contribution < 1.29 is 9.53 Å². The predicted octanol–water partition coefficient (Wildman–Crippen LogP) is 3.06. The highest BCUT2D eigenvalue weighted by Crippen LogP contribution is 2.26. The van der Waals surface area contributed by atoms with Crippen molar-refractivity contribution in [2.45, 2.75) is 6.42 Å². The van der Waals surface area contributed by atoms with Gasteiger partial charge in [0.05, 0.1) is 10.0 Å². The van der Waals surface area contributed by atoms with Gasteiger partial charge in [0, 0.05) is 12.6 Å². The summed E-state index contributed by atoms with van der Waals surface area (Å²) in [6, 6.07) is 4.85. The van der Waals surface area contributed by atoms with E-state index in [9.17, 15) is 4.79 Å². The third kappa shape index (κ3) is 5.11. The Labute approximate surface area is 110 Å².